The largest absolute Gasteiger partial charge is 0.385 e. The van der Waals surface area contributed by atoms with E-state index >= 15 is 0 Å². The van der Waals surface area contributed by atoms with Gasteiger partial charge in [0, 0.05) is 29.8 Å². The van der Waals surface area contributed by atoms with Crippen LogP contribution in [-0.2, 0) is 14.8 Å². The predicted octanol–water partition coefficient (Wildman–Crippen LogP) is 2.86. The molecule has 0 bridgehead atoms. The summed E-state index contributed by atoms with van der Waals surface area (Å²) in [5.41, 5.74) is 1.72. The van der Waals surface area contributed by atoms with Crippen LogP contribution in [0, 0.1) is 5.92 Å². The van der Waals surface area contributed by atoms with E-state index in [4.69, 9.17) is 11.6 Å². The standard InChI is InChI=1S/C20H29ClN4O4S/c1-14(16-9-17(21)11-18(10-16)22-12-15-5-6-15)24-30(28,29)8-4-2-3-7-25-13-19(26)23-20(25)27/h9-11,14-15,22,24H,2-8,12-13H2,1H3,(H,23,26,27)/t14-/m1/s1. The minimum absolute atomic E-state index is 0.00974. The Kier molecular flexibility index (Phi) is 7.60. The van der Waals surface area contributed by atoms with Gasteiger partial charge in [-0.15, -0.1) is 0 Å². The van der Waals surface area contributed by atoms with E-state index in [0.29, 0.717) is 30.8 Å². The molecule has 30 heavy (non-hydrogen) atoms. The Labute approximate surface area is 182 Å². The van der Waals surface area contributed by atoms with E-state index in [2.05, 4.69) is 15.4 Å². The number of hydrogen-bond donors (Lipinski definition) is 3. The molecule has 0 spiro atoms. The molecule has 1 aromatic carbocycles. The normalized spacial score (nSPS) is 17.9. The molecule has 1 atom stereocenters. The number of carbonyl (C=O) groups is 2. The highest BCUT2D eigenvalue weighted by Gasteiger charge is 2.26. The molecule has 1 aromatic rings. The molecular formula is C20H29ClN4O4S. The smallest absolute Gasteiger partial charge is 0.324 e. The minimum Gasteiger partial charge on any atom is -0.385 e. The van der Waals surface area contributed by atoms with Gasteiger partial charge in [-0.1, -0.05) is 18.0 Å². The molecule has 10 heteroatoms. The lowest BCUT2D eigenvalue weighted by Gasteiger charge is -2.17. The first-order valence-corrected chi connectivity index (χ1v) is 12.4. The van der Waals surface area contributed by atoms with Crippen LogP contribution in [-0.4, -0.2) is 50.6 Å². The van der Waals surface area contributed by atoms with Crippen LogP contribution in [0.5, 0.6) is 0 Å². The highest BCUT2D eigenvalue weighted by atomic mass is 35.5. The van der Waals surface area contributed by atoms with Gasteiger partial charge in [0.25, 0.3) is 0 Å². The van der Waals surface area contributed by atoms with Crippen LogP contribution in [0.1, 0.15) is 50.6 Å². The number of hydrogen-bond acceptors (Lipinski definition) is 5. The maximum absolute atomic E-state index is 12.4. The Morgan fingerprint density at radius 3 is 2.63 bits per heavy atom. The number of benzene rings is 1. The van der Waals surface area contributed by atoms with Crippen molar-refractivity contribution < 1.29 is 18.0 Å². The van der Waals surface area contributed by atoms with E-state index in [-0.39, 0.29) is 24.2 Å². The quantitative estimate of drug-likeness (QED) is 0.331. The SMILES string of the molecule is C[C@@H](NS(=O)(=O)CCCCCN1CC(=O)NC1=O)c1cc(Cl)cc(NCC2CC2)c1. The van der Waals surface area contributed by atoms with Crippen molar-refractivity contribution in [2.24, 2.45) is 5.92 Å². The lowest BCUT2D eigenvalue weighted by molar-refractivity contribution is -0.118. The molecule has 2 aliphatic rings. The minimum atomic E-state index is -3.45. The highest BCUT2D eigenvalue weighted by molar-refractivity contribution is 7.89. The molecule has 3 rings (SSSR count). The number of nitrogens with zero attached hydrogens (tertiary/aromatic N) is 1. The van der Waals surface area contributed by atoms with Gasteiger partial charge < -0.3 is 10.2 Å². The zero-order valence-electron chi connectivity index (χ0n) is 17.1. The summed E-state index contributed by atoms with van der Waals surface area (Å²) in [6.07, 6.45) is 4.28. The second-order valence-corrected chi connectivity index (χ2v) is 10.4. The number of imide groups is 1. The van der Waals surface area contributed by atoms with Crippen molar-refractivity contribution >= 4 is 39.2 Å². The Morgan fingerprint density at radius 2 is 1.97 bits per heavy atom. The molecule has 166 valence electrons. The molecule has 1 saturated carbocycles. The van der Waals surface area contributed by atoms with E-state index in [1.807, 2.05) is 12.1 Å². The topological polar surface area (TPSA) is 108 Å². The number of amides is 3. The summed E-state index contributed by atoms with van der Waals surface area (Å²) >= 11 is 6.22. The zero-order valence-corrected chi connectivity index (χ0v) is 18.7. The van der Waals surface area contributed by atoms with E-state index in [1.165, 1.54) is 17.7 Å². The second kappa shape index (κ2) is 9.98. The van der Waals surface area contributed by atoms with Gasteiger partial charge in [-0.3, -0.25) is 10.1 Å². The molecule has 0 aromatic heterocycles. The van der Waals surface area contributed by atoms with Gasteiger partial charge in [0.15, 0.2) is 0 Å². The summed E-state index contributed by atoms with van der Waals surface area (Å²) in [7, 11) is -3.45. The number of rotatable bonds is 12. The van der Waals surface area contributed by atoms with Crippen molar-refractivity contribution in [3.63, 3.8) is 0 Å². The first kappa shape index (κ1) is 22.8. The predicted molar refractivity (Wildman–Crippen MR) is 117 cm³/mol. The van der Waals surface area contributed by atoms with E-state index in [1.54, 1.807) is 13.0 Å². The fourth-order valence-electron chi connectivity index (χ4n) is 3.38. The summed E-state index contributed by atoms with van der Waals surface area (Å²) in [6, 6.07) is 4.79. The van der Waals surface area contributed by atoms with Gasteiger partial charge in [-0.05, 0) is 62.3 Å². The highest BCUT2D eigenvalue weighted by Crippen LogP contribution is 2.30. The molecule has 1 saturated heterocycles. The number of unbranched alkanes of at least 4 members (excludes halogenated alkanes) is 2. The van der Waals surface area contributed by atoms with Crippen molar-refractivity contribution in [2.75, 3.05) is 30.7 Å². The van der Waals surface area contributed by atoms with E-state index in [9.17, 15) is 18.0 Å². The molecule has 8 nitrogen and oxygen atoms in total. The summed E-state index contributed by atoms with van der Waals surface area (Å²) in [5.74, 6) is 0.437. The second-order valence-electron chi connectivity index (χ2n) is 8.09. The Bertz CT molecular complexity index is 889. The number of carbonyl (C=O) groups excluding carboxylic acids is 2. The lowest BCUT2D eigenvalue weighted by atomic mass is 10.1. The molecule has 1 heterocycles. The van der Waals surface area contributed by atoms with Crippen LogP contribution in [0.25, 0.3) is 0 Å². The van der Waals surface area contributed by atoms with Gasteiger partial charge in [-0.2, -0.15) is 0 Å². The van der Waals surface area contributed by atoms with Crippen LogP contribution in [0.3, 0.4) is 0 Å². The Hall–Kier alpha value is -1.84. The summed E-state index contributed by atoms with van der Waals surface area (Å²) in [5, 5.41) is 6.16. The van der Waals surface area contributed by atoms with Crippen molar-refractivity contribution in [1.29, 1.82) is 0 Å². The van der Waals surface area contributed by atoms with Gasteiger partial charge in [0.05, 0.1) is 5.75 Å². The summed E-state index contributed by atoms with van der Waals surface area (Å²) in [6.45, 7) is 3.23. The van der Waals surface area contributed by atoms with Crippen molar-refractivity contribution in [1.82, 2.24) is 14.9 Å². The third-order valence-corrected chi connectivity index (χ3v) is 7.03. The van der Waals surface area contributed by atoms with Gasteiger partial charge in [0.2, 0.25) is 15.9 Å². The molecule has 1 aliphatic carbocycles. The Morgan fingerprint density at radius 1 is 1.20 bits per heavy atom. The van der Waals surface area contributed by atoms with Crippen molar-refractivity contribution in [3.8, 4) is 0 Å². The van der Waals surface area contributed by atoms with Gasteiger partial charge in [-0.25, -0.2) is 17.9 Å². The van der Waals surface area contributed by atoms with Crippen LogP contribution in [0.4, 0.5) is 10.5 Å². The number of urea groups is 1. The van der Waals surface area contributed by atoms with Crippen LogP contribution >= 0.6 is 11.6 Å². The maximum Gasteiger partial charge on any atom is 0.324 e. The third-order valence-electron chi connectivity index (χ3n) is 5.28. The van der Waals surface area contributed by atoms with Crippen LogP contribution < -0.4 is 15.4 Å². The van der Waals surface area contributed by atoms with Gasteiger partial charge >= 0.3 is 6.03 Å². The maximum atomic E-state index is 12.4. The average molecular weight is 457 g/mol. The zero-order chi connectivity index (χ0) is 21.7. The average Bonchev–Trinajstić information content (AvgIpc) is 3.43. The molecule has 3 N–H and O–H groups in total. The number of nitrogens with one attached hydrogen (secondary N) is 3. The fourth-order valence-corrected chi connectivity index (χ4v) is 5.00. The molecule has 0 radical (unpaired) electrons. The lowest BCUT2D eigenvalue weighted by Crippen LogP contribution is -2.30. The van der Waals surface area contributed by atoms with Crippen LogP contribution in [0.15, 0.2) is 18.2 Å². The Balaban J connectivity index is 1.42. The monoisotopic (exact) mass is 456 g/mol. The van der Waals surface area contributed by atoms with E-state index < -0.39 is 16.1 Å². The number of sulfonamides is 1. The van der Waals surface area contributed by atoms with Gasteiger partial charge in [0.1, 0.15) is 6.54 Å². The number of halogens is 1. The molecule has 2 fully saturated rings. The van der Waals surface area contributed by atoms with Crippen molar-refractivity contribution in [3.05, 3.63) is 28.8 Å². The third kappa shape index (κ3) is 7.14. The molecular weight excluding hydrogens is 428 g/mol. The molecule has 3 amide bonds. The first-order chi connectivity index (χ1) is 14.2. The molecule has 1 aliphatic heterocycles. The summed E-state index contributed by atoms with van der Waals surface area (Å²) < 4.78 is 27.6. The molecule has 0 unspecified atom stereocenters. The fraction of sp³-hybridized carbons (Fsp3) is 0.600. The number of anilines is 1. The summed E-state index contributed by atoms with van der Waals surface area (Å²) in [4.78, 5) is 24.0. The van der Waals surface area contributed by atoms with E-state index in [0.717, 1.165) is 23.7 Å². The van der Waals surface area contributed by atoms with Crippen molar-refractivity contribution in [2.45, 2.75) is 45.1 Å². The first-order valence-electron chi connectivity index (χ1n) is 10.3. The van der Waals surface area contributed by atoms with Crippen LogP contribution in [0.2, 0.25) is 5.02 Å².